The molecule has 0 aliphatic carbocycles. The molecule has 0 fully saturated rings. The molecular weight excluding hydrogens is 838 g/mol. The summed E-state index contributed by atoms with van der Waals surface area (Å²) >= 11 is 0. The molecular formula is C45H42B2IrN6-2. The average molecular weight is 881 g/mol. The van der Waals surface area contributed by atoms with Crippen LogP contribution < -0.4 is 25.4 Å². The van der Waals surface area contributed by atoms with Crippen molar-refractivity contribution in [2.45, 2.75) is 41.5 Å². The fourth-order valence-corrected chi connectivity index (χ4v) is 8.01. The molecule has 2 aliphatic rings. The van der Waals surface area contributed by atoms with E-state index in [0.29, 0.717) is 0 Å². The summed E-state index contributed by atoms with van der Waals surface area (Å²) in [4.78, 5) is 16.5. The predicted octanol–water partition coefficient (Wildman–Crippen LogP) is 8.46. The number of rotatable bonds is 4. The molecule has 5 aromatic carbocycles. The quantitative estimate of drug-likeness (QED) is 0.131. The Labute approximate surface area is 334 Å². The summed E-state index contributed by atoms with van der Waals surface area (Å²) < 4.78 is 2.24. The zero-order chi connectivity index (χ0) is 36.8. The van der Waals surface area contributed by atoms with Crippen LogP contribution in [0.3, 0.4) is 0 Å². The molecule has 0 amide bonds. The minimum Gasteiger partial charge on any atom is -0.436 e. The van der Waals surface area contributed by atoms with Crippen LogP contribution in [-0.2, 0) is 20.1 Å². The van der Waals surface area contributed by atoms with Crippen molar-refractivity contribution >= 4 is 53.5 Å². The van der Waals surface area contributed by atoms with Crippen LogP contribution in [0.15, 0.2) is 128 Å². The van der Waals surface area contributed by atoms with Crippen molar-refractivity contribution in [2.24, 2.45) is 0 Å². The summed E-state index contributed by atoms with van der Waals surface area (Å²) in [6.45, 7) is 13.1. The number of imidazole rings is 1. The van der Waals surface area contributed by atoms with Crippen molar-refractivity contribution in [2.75, 3.05) is 21.5 Å². The molecule has 4 heterocycles. The van der Waals surface area contributed by atoms with Gasteiger partial charge in [-0.2, -0.15) is 18.2 Å². The Morgan fingerprint density at radius 3 is 1.83 bits per heavy atom. The molecule has 0 N–H and O–H groups in total. The molecule has 0 atom stereocenters. The molecule has 2 aromatic heterocycles. The van der Waals surface area contributed by atoms with Gasteiger partial charge in [-0.15, -0.1) is 30.3 Å². The van der Waals surface area contributed by atoms with Gasteiger partial charge in [-0.05, 0) is 88.8 Å². The van der Waals surface area contributed by atoms with Crippen molar-refractivity contribution in [1.82, 2.24) is 14.4 Å². The first-order valence-corrected chi connectivity index (χ1v) is 18.2. The number of nitrogens with zero attached hydrogens (tertiary/aromatic N) is 6. The number of hydrogen-bond donors (Lipinski definition) is 0. The molecule has 0 saturated heterocycles. The van der Waals surface area contributed by atoms with Crippen molar-refractivity contribution in [1.29, 1.82) is 0 Å². The molecule has 6 nitrogen and oxygen atoms in total. The smallest absolute Gasteiger partial charge is 0.409 e. The Kier molecular flexibility index (Phi) is 10.4. The van der Waals surface area contributed by atoms with Gasteiger partial charge in [-0.25, -0.2) is 4.98 Å². The van der Waals surface area contributed by atoms with Gasteiger partial charge in [-0.3, -0.25) is 4.98 Å². The summed E-state index contributed by atoms with van der Waals surface area (Å²) in [5, 5.41) is 0. The third kappa shape index (κ3) is 6.35. The first-order chi connectivity index (χ1) is 25.7. The number of anilines is 5. The Morgan fingerprint density at radius 2 is 1.19 bits per heavy atom. The van der Waals surface area contributed by atoms with E-state index in [4.69, 9.17) is 4.98 Å². The van der Waals surface area contributed by atoms with Gasteiger partial charge in [0.05, 0.1) is 0 Å². The minimum atomic E-state index is -0.0492. The number of para-hydroxylation sites is 2. The van der Waals surface area contributed by atoms with Gasteiger partial charge in [0.15, 0.2) is 0 Å². The zero-order valence-electron chi connectivity index (χ0n) is 31.8. The normalized spacial score (nSPS) is 12.8. The molecule has 9 rings (SSSR count). The van der Waals surface area contributed by atoms with Gasteiger partial charge in [-0.1, -0.05) is 99.5 Å². The fourth-order valence-electron chi connectivity index (χ4n) is 8.01. The molecule has 0 unspecified atom stereocenters. The third-order valence-electron chi connectivity index (χ3n) is 10.8. The molecule has 0 spiro atoms. The maximum Gasteiger partial charge on any atom is 0.409 e. The van der Waals surface area contributed by atoms with E-state index in [0.717, 1.165) is 34.3 Å². The summed E-state index contributed by atoms with van der Waals surface area (Å²) in [5.41, 5.74) is 15.8. The van der Waals surface area contributed by atoms with Gasteiger partial charge in [0.25, 0.3) is 0 Å². The Balaban J connectivity index is 0.000000173. The van der Waals surface area contributed by atoms with Crippen LogP contribution >= 0.6 is 0 Å². The minimum absolute atomic E-state index is 0. The topological polar surface area (TPSA) is 40.4 Å². The molecule has 0 saturated carbocycles. The number of hydrogen-bond acceptors (Lipinski definition) is 5. The largest absolute Gasteiger partial charge is 0.436 e. The Morgan fingerprint density at radius 1 is 0.574 bits per heavy atom. The fraction of sp³-hybridized carbons (Fsp3) is 0.156. The van der Waals surface area contributed by atoms with Crippen LogP contribution in [-0.4, -0.2) is 35.5 Å². The molecule has 7 aromatic rings. The number of fused-ring (bicyclic) bond motifs is 4. The van der Waals surface area contributed by atoms with Crippen LogP contribution in [0.4, 0.5) is 28.6 Å². The van der Waals surface area contributed by atoms with E-state index in [1.807, 2.05) is 30.6 Å². The zero-order valence-corrected chi connectivity index (χ0v) is 34.2. The van der Waals surface area contributed by atoms with Crippen LogP contribution in [0.1, 0.15) is 33.4 Å². The van der Waals surface area contributed by atoms with Crippen molar-refractivity contribution in [3.63, 3.8) is 0 Å². The Bertz CT molecular complexity index is 2410. The van der Waals surface area contributed by atoms with E-state index in [2.05, 4.69) is 182 Å². The summed E-state index contributed by atoms with van der Waals surface area (Å²) in [6, 6.07) is 45.0. The summed E-state index contributed by atoms with van der Waals surface area (Å²) in [6.07, 6.45) is 5.91. The average Bonchev–Trinajstić information content (AvgIpc) is 3.78. The van der Waals surface area contributed by atoms with Gasteiger partial charge in [0, 0.05) is 50.2 Å². The SMILES string of the molecule is Cc1cccc(C)c1B1N(C)c2ccc[c-]c2-c2nccn21.Cc1cnc(N2B(c3c(C)cccc3C)N(c3ccccc3)c3ccc[c-]c32)cc1C.[Ir]. The monoisotopic (exact) mass is 881 g/mol. The number of benzene rings is 5. The second-order valence-electron chi connectivity index (χ2n) is 14.2. The number of aryl methyl sites for hydroxylation is 6. The van der Waals surface area contributed by atoms with Crippen molar-refractivity contribution < 1.29 is 20.1 Å². The maximum absolute atomic E-state index is 4.86. The summed E-state index contributed by atoms with van der Waals surface area (Å²) in [5.74, 6) is 1.93. The van der Waals surface area contributed by atoms with Crippen LogP contribution in [0.25, 0.3) is 11.4 Å². The van der Waals surface area contributed by atoms with Gasteiger partial charge >= 0.3 is 14.0 Å². The van der Waals surface area contributed by atoms with Gasteiger partial charge in [0.2, 0.25) is 0 Å². The van der Waals surface area contributed by atoms with Crippen molar-refractivity contribution in [3.05, 3.63) is 173 Å². The van der Waals surface area contributed by atoms with Crippen LogP contribution in [0.5, 0.6) is 0 Å². The molecule has 1 radical (unpaired) electrons. The molecule has 9 heteroatoms. The van der Waals surface area contributed by atoms with E-state index in [1.54, 1.807) is 0 Å². The summed E-state index contributed by atoms with van der Waals surface area (Å²) in [7, 11) is 2.14. The van der Waals surface area contributed by atoms with E-state index >= 15 is 0 Å². The molecule has 0 bridgehead atoms. The Hall–Kier alpha value is -5.36. The van der Waals surface area contributed by atoms with E-state index < -0.39 is 0 Å². The third-order valence-corrected chi connectivity index (χ3v) is 10.8. The second kappa shape index (κ2) is 15.2. The van der Waals surface area contributed by atoms with Crippen molar-refractivity contribution in [3.8, 4) is 11.4 Å². The molecule has 269 valence electrons. The van der Waals surface area contributed by atoms with E-state index in [1.165, 1.54) is 50.0 Å². The maximum atomic E-state index is 4.86. The van der Waals surface area contributed by atoms with Crippen LogP contribution in [0.2, 0.25) is 0 Å². The number of pyridine rings is 1. The van der Waals surface area contributed by atoms with Crippen LogP contribution in [0, 0.1) is 53.7 Å². The predicted molar refractivity (Wildman–Crippen MR) is 223 cm³/mol. The number of aromatic nitrogens is 3. The van der Waals surface area contributed by atoms with E-state index in [-0.39, 0.29) is 34.1 Å². The molecule has 54 heavy (non-hydrogen) atoms. The van der Waals surface area contributed by atoms with Gasteiger partial charge in [0.1, 0.15) is 5.82 Å². The standard InChI is InChI=1S/C27H25BN3.C18H17BN3.Ir/c1-19-11-10-12-20(2)27(19)28-30(23-13-6-5-7-14-23)24-15-8-9-16-25(24)31(28)26-17-21(3)22(4)18-29-26;1-13-7-6-8-14(2)17(13)19-21(3)16-10-5-4-9-15(16)18-20-11-12-22(18)19;/h5-15,17-18H,1-4H3;4-8,10-12H,1-3H3;/q2*-1;. The first kappa shape index (κ1) is 37.0. The second-order valence-corrected chi connectivity index (χ2v) is 14.2. The molecule has 2 aliphatic heterocycles. The first-order valence-electron chi connectivity index (χ1n) is 18.2. The van der Waals surface area contributed by atoms with Gasteiger partial charge < -0.3 is 18.9 Å². The van der Waals surface area contributed by atoms with E-state index in [9.17, 15) is 0 Å².